The van der Waals surface area contributed by atoms with Crippen LogP contribution >= 0.6 is 0 Å². The van der Waals surface area contributed by atoms with E-state index in [9.17, 15) is 43.5 Å². The highest BCUT2D eigenvalue weighted by molar-refractivity contribution is 7.87. The minimum absolute atomic E-state index is 0.0223. The summed E-state index contributed by atoms with van der Waals surface area (Å²) in [5.74, 6) is -14.8. The molecule has 5 nitrogen and oxygen atoms in total. The Labute approximate surface area is 217 Å². The number of benzene rings is 3. The van der Waals surface area contributed by atoms with Crippen LogP contribution in [0.1, 0.15) is 34.6 Å². The first-order valence-electron chi connectivity index (χ1n) is 11.2. The lowest BCUT2D eigenvalue weighted by Crippen LogP contribution is -2.19. The Morgan fingerprint density at radius 2 is 1.51 bits per heavy atom. The van der Waals surface area contributed by atoms with Gasteiger partial charge in [-0.25, -0.2) is 13.2 Å². The fraction of sp³-hybridized carbons (Fsp3) is 0.280. The van der Waals surface area contributed by atoms with Crippen LogP contribution in [0.3, 0.4) is 0 Å². The third kappa shape index (κ3) is 5.53. The van der Waals surface area contributed by atoms with Crippen molar-refractivity contribution in [3.63, 3.8) is 0 Å². The molecular weight excluding hydrogens is 564 g/mol. The van der Waals surface area contributed by atoms with E-state index in [-0.39, 0.29) is 25.4 Å². The summed E-state index contributed by atoms with van der Waals surface area (Å²) in [6.07, 6.45) is -4.09. The van der Waals surface area contributed by atoms with Crippen LogP contribution in [0.5, 0.6) is 11.5 Å². The van der Waals surface area contributed by atoms with Crippen molar-refractivity contribution >= 4 is 10.1 Å². The monoisotopic (exact) mass is 582 g/mol. The molecule has 210 valence electrons. The fourth-order valence-electron chi connectivity index (χ4n) is 4.21. The Kier molecular flexibility index (Phi) is 7.81. The van der Waals surface area contributed by atoms with Gasteiger partial charge < -0.3 is 13.7 Å². The fourth-order valence-corrected chi connectivity index (χ4v) is 5.16. The zero-order valence-corrected chi connectivity index (χ0v) is 20.7. The van der Waals surface area contributed by atoms with Gasteiger partial charge in [0.25, 0.3) is 0 Å². The van der Waals surface area contributed by atoms with E-state index in [4.69, 9.17) is 9.47 Å². The molecule has 0 saturated carbocycles. The lowest BCUT2D eigenvalue weighted by atomic mass is 9.83. The summed E-state index contributed by atoms with van der Waals surface area (Å²) < 4.78 is 148. The van der Waals surface area contributed by atoms with Crippen molar-refractivity contribution in [2.24, 2.45) is 0 Å². The smallest absolute Gasteiger partial charge is 0.416 e. The molecule has 0 bridgehead atoms. The minimum atomic E-state index is -5.12. The Balaban J connectivity index is 1.72. The quantitative estimate of drug-likeness (QED) is 0.142. The molecule has 0 unspecified atom stereocenters. The number of hydrogen-bond donors (Lipinski definition) is 0. The first-order valence-corrected chi connectivity index (χ1v) is 12.6. The Bertz CT molecular complexity index is 1490. The third-order valence-corrected chi connectivity index (χ3v) is 7.31. The zero-order chi connectivity index (χ0) is 28.7. The van der Waals surface area contributed by atoms with E-state index in [1.165, 1.54) is 19.2 Å². The minimum Gasteiger partial charge on any atom is -0.493 e. The molecule has 1 aliphatic rings. The van der Waals surface area contributed by atoms with Gasteiger partial charge in [-0.1, -0.05) is 12.1 Å². The van der Waals surface area contributed by atoms with Gasteiger partial charge in [-0.2, -0.15) is 30.4 Å². The molecule has 0 saturated heterocycles. The van der Waals surface area contributed by atoms with Gasteiger partial charge >= 0.3 is 16.3 Å². The van der Waals surface area contributed by atoms with Gasteiger partial charge in [0.1, 0.15) is 10.6 Å². The molecule has 3 aromatic carbocycles. The second-order valence-electron chi connectivity index (χ2n) is 8.48. The lowest BCUT2D eigenvalue weighted by molar-refractivity contribution is -0.137. The highest BCUT2D eigenvalue weighted by atomic mass is 32.2. The van der Waals surface area contributed by atoms with E-state index in [0.29, 0.717) is 23.1 Å². The van der Waals surface area contributed by atoms with Crippen LogP contribution in [0.2, 0.25) is 0 Å². The van der Waals surface area contributed by atoms with Gasteiger partial charge in [0.2, 0.25) is 34.8 Å². The second kappa shape index (κ2) is 10.6. The van der Waals surface area contributed by atoms with E-state index in [1.807, 2.05) is 0 Å². The second-order valence-corrected chi connectivity index (χ2v) is 10.0. The van der Waals surface area contributed by atoms with Crippen molar-refractivity contribution in [2.75, 3.05) is 20.3 Å². The number of hydrogen-bond acceptors (Lipinski definition) is 5. The maximum atomic E-state index is 14.0. The van der Waals surface area contributed by atoms with Gasteiger partial charge in [-0.05, 0) is 42.2 Å². The number of halogens is 8. The molecule has 4 rings (SSSR count). The molecule has 0 aromatic heterocycles. The van der Waals surface area contributed by atoms with E-state index in [2.05, 4.69) is 4.18 Å². The maximum absolute atomic E-state index is 14.0. The van der Waals surface area contributed by atoms with Crippen LogP contribution in [0.25, 0.3) is 0 Å². The summed E-state index contributed by atoms with van der Waals surface area (Å²) in [5.41, 5.74) is 0.431. The summed E-state index contributed by atoms with van der Waals surface area (Å²) >= 11 is 0. The van der Waals surface area contributed by atoms with Crippen LogP contribution in [0.15, 0.2) is 41.3 Å². The van der Waals surface area contributed by atoms with Crippen molar-refractivity contribution in [1.82, 2.24) is 0 Å². The van der Waals surface area contributed by atoms with Crippen molar-refractivity contribution in [3.05, 3.63) is 87.7 Å². The lowest BCUT2D eigenvalue weighted by Gasteiger charge is -2.28. The third-order valence-electron chi connectivity index (χ3n) is 6.10. The Morgan fingerprint density at radius 3 is 2.13 bits per heavy atom. The molecular formula is C25H18F8O5S. The summed E-state index contributed by atoms with van der Waals surface area (Å²) in [7, 11) is -3.72. The van der Waals surface area contributed by atoms with Crippen LogP contribution < -0.4 is 8.92 Å². The number of fused-ring (bicyclic) bond motifs is 1. The summed E-state index contributed by atoms with van der Waals surface area (Å²) in [5, 5.41) is 0. The Hall–Kier alpha value is -3.39. The van der Waals surface area contributed by atoms with Crippen LogP contribution in [-0.4, -0.2) is 28.7 Å². The molecule has 3 aromatic rings. The van der Waals surface area contributed by atoms with Gasteiger partial charge in [0.15, 0.2) is 0 Å². The summed E-state index contributed by atoms with van der Waals surface area (Å²) in [4.78, 5) is -0.724. The van der Waals surface area contributed by atoms with E-state index < -0.39 is 67.5 Å². The molecule has 0 spiro atoms. The number of methoxy groups -OCH3 is 1. The van der Waals surface area contributed by atoms with Gasteiger partial charge in [0.05, 0.1) is 18.8 Å². The normalized spacial score (nSPS) is 15.6. The maximum Gasteiger partial charge on any atom is 0.416 e. The highest BCUT2D eigenvalue weighted by Crippen LogP contribution is 2.42. The van der Waals surface area contributed by atoms with Gasteiger partial charge in [-0.3, -0.25) is 0 Å². The molecule has 0 radical (unpaired) electrons. The average Bonchev–Trinajstić information content (AvgIpc) is 2.90. The van der Waals surface area contributed by atoms with E-state index in [0.717, 1.165) is 24.3 Å². The van der Waals surface area contributed by atoms with E-state index in [1.54, 1.807) is 0 Å². The SMILES string of the molecule is COCCc1cc(C(F)(F)F)ccc1[C@@H]1CCOc2cc(S(=O)(=O)Oc3c(F)c(F)c(F)c(F)c3F)ccc21. The largest absolute Gasteiger partial charge is 0.493 e. The zero-order valence-electron chi connectivity index (χ0n) is 19.8. The number of ether oxygens (including phenoxy) is 2. The Morgan fingerprint density at radius 1 is 0.897 bits per heavy atom. The van der Waals surface area contributed by atoms with Gasteiger partial charge in [-0.15, -0.1) is 0 Å². The molecule has 0 aliphatic carbocycles. The molecule has 0 N–H and O–H groups in total. The number of rotatable bonds is 7. The molecule has 39 heavy (non-hydrogen) atoms. The predicted octanol–water partition coefficient (Wildman–Crippen LogP) is 6.27. The van der Waals surface area contributed by atoms with Crippen molar-refractivity contribution in [3.8, 4) is 11.5 Å². The summed E-state index contributed by atoms with van der Waals surface area (Å²) in [6.45, 7) is 0.168. The van der Waals surface area contributed by atoms with Crippen molar-refractivity contribution in [2.45, 2.75) is 29.8 Å². The van der Waals surface area contributed by atoms with Crippen molar-refractivity contribution < 1.29 is 57.2 Å². The molecule has 1 heterocycles. The number of alkyl halides is 3. The topological polar surface area (TPSA) is 61.8 Å². The van der Waals surface area contributed by atoms with Crippen LogP contribution in [-0.2, 0) is 27.5 Å². The molecule has 0 amide bonds. The molecule has 1 atom stereocenters. The molecule has 14 heteroatoms. The first-order chi connectivity index (χ1) is 18.3. The standard InChI is InChI=1S/C25H18F8O5S/c1-36-8-6-12-10-13(25(31,32)33)2-4-15(12)16-7-9-37-18-11-14(3-5-17(16)18)39(34,35)38-24-22(29)20(27)19(26)21(28)23(24)30/h2-5,10-11,16H,6-9H2,1H3/t16-/m0/s1. The van der Waals surface area contributed by atoms with Gasteiger partial charge in [0, 0.05) is 24.7 Å². The van der Waals surface area contributed by atoms with Crippen LogP contribution in [0, 0.1) is 29.1 Å². The van der Waals surface area contributed by atoms with E-state index >= 15 is 0 Å². The van der Waals surface area contributed by atoms with Crippen LogP contribution in [0.4, 0.5) is 35.1 Å². The highest BCUT2D eigenvalue weighted by Gasteiger charge is 2.34. The molecule has 1 aliphatic heterocycles. The predicted molar refractivity (Wildman–Crippen MR) is 119 cm³/mol. The molecule has 0 fully saturated rings. The van der Waals surface area contributed by atoms with Crippen molar-refractivity contribution in [1.29, 1.82) is 0 Å². The summed E-state index contributed by atoms with van der Waals surface area (Å²) in [6, 6.07) is 6.43. The first kappa shape index (κ1) is 28.6. The average molecular weight is 582 g/mol.